The molecule has 1 aliphatic heterocycles. The number of aliphatic imine (C=N–C) groups is 1. The maximum atomic E-state index is 6.35. The van der Waals surface area contributed by atoms with Crippen LogP contribution in [-0.4, -0.2) is 24.0 Å². The topological polar surface area (TPSA) is 38.4 Å². The second-order valence-corrected chi connectivity index (χ2v) is 26.8. The molecule has 3 nitrogen and oxygen atoms in total. The molecule has 0 bridgehead atoms. The standard InChI is InChI=1S/C30H18NO.C19H26GeN.Ir/c1-2-11-20-19(9-1)10-7-14-22(20)28-24-13-3-5-17-26(24)31-29(28)25-16-8-15-23-21-12-4-6-18-27(21)32-30(23)25;1-19(2,3)13-16-12-18(15-10-8-7-9-11-15)21-14-17(16)20(4,5)6;/h1-15,17-18,28H;7-10,12,14H,13H2,1-6H3;/q2*-1;. The van der Waals surface area contributed by atoms with Gasteiger partial charge in [-0.2, -0.15) is 0 Å². The zero-order valence-corrected chi connectivity index (χ0v) is 36.2. The van der Waals surface area contributed by atoms with Gasteiger partial charge in [-0.3, -0.25) is 4.99 Å². The van der Waals surface area contributed by atoms with E-state index in [2.05, 4.69) is 153 Å². The Kier molecular flexibility index (Phi) is 10.7. The number of hydrogen-bond donors (Lipinski definition) is 0. The van der Waals surface area contributed by atoms with Crippen LogP contribution >= 0.6 is 0 Å². The van der Waals surface area contributed by atoms with E-state index in [0.717, 1.165) is 56.6 Å². The van der Waals surface area contributed by atoms with Crippen molar-refractivity contribution in [2.24, 2.45) is 10.4 Å². The first kappa shape index (κ1) is 37.7. The van der Waals surface area contributed by atoms with Crippen LogP contribution < -0.4 is 4.40 Å². The summed E-state index contributed by atoms with van der Waals surface area (Å²) in [5.74, 6) is 7.35. The molecular formula is C49H44GeIrN2O-2. The molecule has 1 aliphatic rings. The van der Waals surface area contributed by atoms with Gasteiger partial charge in [-0.15, -0.1) is 18.2 Å². The predicted octanol–water partition coefficient (Wildman–Crippen LogP) is 12.5. The van der Waals surface area contributed by atoms with Gasteiger partial charge in [0.05, 0.1) is 11.3 Å². The number of benzene rings is 6. The molecule has 2 aromatic heterocycles. The monoisotopic (exact) mass is 943 g/mol. The van der Waals surface area contributed by atoms with Crippen molar-refractivity contribution in [1.29, 1.82) is 0 Å². The summed E-state index contributed by atoms with van der Waals surface area (Å²) in [6.07, 6.45) is 3.24. The van der Waals surface area contributed by atoms with E-state index in [1.54, 1.807) is 0 Å². The Balaban J connectivity index is 0.000000180. The fourth-order valence-corrected chi connectivity index (χ4v) is 11.0. The van der Waals surface area contributed by atoms with Crippen molar-refractivity contribution in [3.63, 3.8) is 0 Å². The minimum absolute atomic E-state index is 0. The fourth-order valence-electron chi connectivity index (χ4n) is 7.66. The summed E-state index contributed by atoms with van der Waals surface area (Å²) in [6.45, 7) is 6.92. The summed E-state index contributed by atoms with van der Waals surface area (Å²) in [4.78, 5) is 9.85. The molecular weight excluding hydrogens is 897 g/mol. The molecule has 1 atom stereocenters. The van der Waals surface area contributed by atoms with Crippen LogP contribution in [0.1, 0.15) is 48.9 Å². The van der Waals surface area contributed by atoms with Gasteiger partial charge in [0.2, 0.25) is 0 Å². The van der Waals surface area contributed by atoms with E-state index in [-0.39, 0.29) is 26.0 Å². The maximum Gasteiger partial charge on any atom is 0.120 e. The van der Waals surface area contributed by atoms with E-state index in [0.29, 0.717) is 5.41 Å². The Morgan fingerprint density at radius 2 is 1.41 bits per heavy atom. The molecule has 0 saturated heterocycles. The van der Waals surface area contributed by atoms with E-state index >= 15 is 0 Å². The first-order valence-corrected chi connectivity index (χ1v) is 25.8. The van der Waals surface area contributed by atoms with Gasteiger partial charge >= 0.3 is 132 Å². The number of fused-ring (bicyclic) bond motifs is 5. The molecule has 0 amide bonds. The van der Waals surface area contributed by atoms with Crippen molar-refractivity contribution in [2.75, 3.05) is 0 Å². The number of nitrogens with zero attached hydrogens (tertiary/aromatic N) is 2. The minimum Gasteiger partial charge on any atom is -0.501 e. The second-order valence-electron chi connectivity index (χ2n) is 16.2. The molecule has 0 spiro atoms. The number of furan rings is 1. The van der Waals surface area contributed by atoms with Crippen LogP contribution in [0.15, 0.2) is 149 Å². The SMILES string of the molecule is CC(C)(C)Cc1cc(-c2[c-]cccc2)nc[c]1[Ge]([CH3])([CH3])[CH3].[Ir].[c-]1ccc2c(oc3ccccc32)c1C1=Nc2ccccc2C1c1cccc2ccccc12. The molecule has 0 fully saturated rings. The summed E-state index contributed by atoms with van der Waals surface area (Å²) in [6, 6.07) is 52.9. The summed E-state index contributed by atoms with van der Waals surface area (Å²) >= 11 is -1.90. The van der Waals surface area contributed by atoms with E-state index in [1.807, 2.05) is 36.4 Å². The van der Waals surface area contributed by atoms with Crippen molar-refractivity contribution in [2.45, 2.75) is 50.4 Å². The molecule has 271 valence electrons. The van der Waals surface area contributed by atoms with Crippen LogP contribution in [0.5, 0.6) is 0 Å². The number of hydrogen-bond acceptors (Lipinski definition) is 3. The molecule has 8 aromatic rings. The summed E-state index contributed by atoms with van der Waals surface area (Å²) in [5, 5.41) is 4.71. The van der Waals surface area contributed by atoms with Gasteiger partial charge < -0.3 is 4.42 Å². The molecule has 0 aliphatic carbocycles. The van der Waals surface area contributed by atoms with E-state index in [9.17, 15) is 0 Å². The van der Waals surface area contributed by atoms with Crippen LogP contribution in [0.3, 0.4) is 0 Å². The average molecular weight is 942 g/mol. The third-order valence-electron chi connectivity index (χ3n) is 9.99. The van der Waals surface area contributed by atoms with Crippen molar-refractivity contribution >= 4 is 61.8 Å². The minimum atomic E-state index is -1.90. The maximum absolute atomic E-state index is 6.35. The first-order valence-electron chi connectivity index (χ1n) is 18.5. The van der Waals surface area contributed by atoms with E-state index < -0.39 is 13.3 Å². The zero-order chi connectivity index (χ0) is 36.7. The van der Waals surface area contributed by atoms with E-state index in [4.69, 9.17) is 14.4 Å². The van der Waals surface area contributed by atoms with Crippen LogP contribution in [0.2, 0.25) is 17.3 Å². The summed E-state index contributed by atoms with van der Waals surface area (Å²) in [7, 11) is 0. The third kappa shape index (κ3) is 7.53. The molecule has 1 radical (unpaired) electrons. The fraction of sp³-hybridized carbons (Fsp3) is 0.184. The Hall–Kier alpha value is -4.61. The number of pyridine rings is 1. The van der Waals surface area contributed by atoms with Gasteiger partial charge in [-0.25, -0.2) is 0 Å². The average Bonchev–Trinajstić information content (AvgIpc) is 3.73. The number of aromatic nitrogens is 1. The molecule has 3 heterocycles. The summed E-state index contributed by atoms with van der Waals surface area (Å²) < 4.78 is 7.89. The molecule has 54 heavy (non-hydrogen) atoms. The van der Waals surface area contributed by atoms with Crippen LogP contribution in [-0.2, 0) is 26.5 Å². The largest absolute Gasteiger partial charge is 0.501 e. The number of rotatable bonds is 5. The van der Waals surface area contributed by atoms with Gasteiger partial charge in [-0.1, -0.05) is 89.8 Å². The van der Waals surface area contributed by atoms with Crippen molar-refractivity contribution < 1.29 is 24.5 Å². The van der Waals surface area contributed by atoms with Crippen LogP contribution in [0.4, 0.5) is 5.69 Å². The van der Waals surface area contributed by atoms with Crippen molar-refractivity contribution in [3.05, 3.63) is 174 Å². The molecule has 6 aromatic carbocycles. The van der Waals surface area contributed by atoms with Crippen molar-refractivity contribution in [3.8, 4) is 11.3 Å². The van der Waals surface area contributed by atoms with Gasteiger partial charge in [0.15, 0.2) is 0 Å². The Morgan fingerprint density at radius 1 is 0.704 bits per heavy atom. The summed E-state index contributed by atoms with van der Waals surface area (Å²) in [5.41, 5.74) is 11.1. The second kappa shape index (κ2) is 15.3. The predicted molar refractivity (Wildman–Crippen MR) is 226 cm³/mol. The smallest absolute Gasteiger partial charge is 0.120 e. The normalized spacial score (nSPS) is 14.0. The quantitative estimate of drug-likeness (QED) is 0.127. The van der Waals surface area contributed by atoms with Crippen molar-refractivity contribution in [1.82, 2.24) is 4.98 Å². The first-order chi connectivity index (χ1) is 25.5. The Morgan fingerprint density at radius 3 is 2.19 bits per heavy atom. The van der Waals surface area contributed by atoms with Gasteiger partial charge in [-0.05, 0) is 39.7 Å². The Bertz CT molecular complexity index is 2620. The molecule has 0 saturated carbocycles. The van der Waals surface area contributed by atoms with Crippen LogP contribution in [0.25, 0.3) is 44.0 Å². The molecule has 5 heteroatoms. The van der Waals surface area contributed by atoms with Crippen LogP contribution in [0, 0.1) is 17.5 Å². The zero-order valence-electron chi connectivity index (χ0n) is 31.7. The van der Waals surface area contributed by atoms with Gasteiger partial charge in [0, 0.05) is 31.4 Å². The van der Waals surface area contributed by atoms with Gasteiger partial charge in [0.25, 0.3) is 0 Å². The Labute approximate surface area is 335 Å². The van der Waals surface area contributed by atoms with E-state index in [1.165, 1.54) is 31.9 Å². The third-order valence-corrected chi connectivity index (χ3v) is 14.3. The molecule has 0 N–H and O–H groups in total. The van der Waals surface area contributed by atoms with Gasteiger partial charge in [0.1, 0.15) is 5.58 Å². The molecule has 1 unspecified atom stereocenters. The molecule has 9 rings (SSSR count). The number of para-hydroxylation sites is 2.